The van der Waals surface area contributed by atoms with Crippen molar-refractivity contribution in [3.8, 4) is 5.75 Å². The van der Waals surface area contributed by atoms with E-state index < -0.39 is 0 Å². The first-order valence-electron chi connectivity index (χ1n) is 7.11. The van der Waals surface area contributed by atoms with E-state index in [1.165, 1.54) is 11.6 Å². The van der Waals surface area contributed by atoms with Gasteiger partial charge in [0.15, 0.2) is 11.6 Å². The lowest BCUT2D eigenvalue weighted by atomic mass is 9.86. The van der Waals surface area contributed by atoms with Crippen LogP contribution >= 0.6 is 0 Å². The molecule has 112 valence electrons. The average Bonchev–Trinajstić information content (AvgIpc) is 2.45. The summed E-state index contributed by atoms with van der Waals surface area (Å²) in [6, 6.07) is 14.3. The van der Waals surface area contributed by atoms with Crippen LogP contribution in [0.2, 0.25) is 0 Å². The molecular weight excluding hydrogens is 265 g/mol. The lowest BCUT2D eigenvalue weighted by molar-refractivity contribution is 0.277. The fourth-order valence-corrected chi connectivity index (χ4v) is 2.07. The largest absolute Gasteiger partial charge is 0.489 e. The summed E-state index contributed by atoms with van der Waals surface area (Å²) < 4.78 is 18.9. The molecular formula is C18H22FNO. The molecule has 2 aromatic carbocycles. The second kappa shape index (κ2) is 6.27. The molecule has 2 rings (SSSR count). The van der Waals surface area contributed by atoms with Crippen molar-refractivity contribution in [2.24, 2.45) is 5.73 Å². The number of benzene rings is 2. The first-order chi connectivity index (χ1) is 9.88. The average molecular weight is 287 g/mol. The van der Waals surface area contributed by atoms with Crippen molar-refractivity contribution in [2.45, 2.75) is 32.2 Å². The van der Waals surface area contributed by atoms with Gasteiger partial charge in [-0.2, -0.15) is 0 Å². The van der Waals surface area contributed by atoms with Gasteiger partial charge in [0, 0.05) is 0 Å². The van der Waals surface area contributed by atoms with Gasteiger partial charge >= 0.3 is 0 Å². The highest BCUT2D eigenvalue weighted by Crippen LogP contribution is 2.24. The molecule has 0 aliphatic carbocycles. The molecule has 1 unspecified atom stereocenters. The van der Waals surface area contributed by atoms with Crippen molar-refractivity contribution in [2.75, 3.05) is 6.61 Å². The number of nitrogens with two attached hydrogens (primary N) is 1. The molecule has 0 bridgehead atoms. The molecule has 0 fully saturated rings. The van der Waals surface area contributed by atoms with Gasteiger partial charge < -0.3 is 10.5 Å². The molecule has 0 aliphatic heterocycles. The van der Waals surface area contributed by atoms with Crippen molar-refractivity contribution in [3.63, 3.8) is 0 Å². The summed E-state index contributed by atoms with van der Waals surface area (Å²) in [5.41, 5.74) is 8.47. The molecule has 0 heterocycles. The van der Waals surface area contributed by atoms with E-state index in [0.717, 1.165) is 5.56 Å². The van der Waals surface area contributed by atoms with Crippen LogP contribution in [-0.4, -0.2) is 6.61 Å². The Labute approximate surface area is 125 Å². The third-order valence-electron chi connectivity index (χ3n) is 3.46. The number of hydrogen-bond donors (Lipinski definition) is 1. The van der Waals surface area contributed by atoms with E-state index in [9.17, 15) is 4.39 Å². The standard InChI is InChI=1S/C18H22FNO/c1-18(2,3)14-10-8-13(9-11-14)16(20)12-21-17-7-5-4-6-15(17)19/h4-11,16H,12,20H2,1-3H3. The number of para-hydroxylation sites is 1. The quantitative estimate of drug-likeness (QED) is 0.914. The fraction of sp³-hybridized carbons (Fsp3) is 0.333. The number of hydrogen-bond acceptors (Lipinski definition) is 2. The molecule has 0 amide bonds. The Balaban J connectivity index is 2.01. The second-order valence-electron chi connectivity index (χ2n) is 6.22. The van der Waals surface area contributed by atoms with Gasteiger partial charge in [0.2, 0.25) is 0 Å². The molecule has 3 heteroatoms. The maximum Gasteiger partial charge on any atom is 0.165 e. The van der Waals surface area contributed by atoms with Gasteiger partial charge in [-0.1, -0.05) is 57.2 Å². The molecule has 1 atom stereocenters. The smallest absolute Gasteiger partial charge is 0.165 e. The van der Waals surface area contributed by atoms with Crippen LogP contribution in [-0.2, 0) is 5.41 Å². The summed E-state index contributed by atoms with van der Waals surface area (Å²) in [7, 11) is 0. The summed E-state index contributed by atoms with van der Waals surface area (Å²) >= 11 is 0. The highest BCUT2D eigenvalue weighted by atomic mass is 19.1. The Morgan fingerprint density at radius 3 is 2.24 bits per heavy atom. The van der Waals surface area contributed by atoms with Gasteiger partial charge in [-0.15, -0.1) is 0 Å². The van der Waals surface area contributed by atoms with E-state index in [4.69, 9.17) is 10.5 Å². The third kappa shape index (κ3) is 4.05. The van der Waals surface area contributed by atoms with Crippen molar-refractivity contribution in [3.05, 3.63) is 65.5 Å². The van der Waals surface area contributed by atoms with Crippen molar-refractivity contribution in [1.82, 2.24) is 0 Å². The lowest BCUT2D eigenvalue weighted by Gasteiger charge is -2.20. The molecule has 21 heavy (non-hydrogen) atoms. The van der Waals surface area contributed by atoms with Crippen LogP contribution in [0.25, 0.3) is 0 Å². The summed E-state index contributed by atoms with van der Waals surface area (Å²) in [6.45, 7) is 6.76. The van der Waals surface area contributed by atoms with Crippen molar-refractivity contribution >= 4 is 0 Å². The van der Waals surface area contributed by atoms with Crippen LogP contribution in [0.4, 0.5) is 4.39 Å². The Morgan fingerprint density at radius 2 is 1.67 bits per heavy atom. The summed E-state index contributed by atoms with van der Waals surface area (Å²) in [5, 5.41) is 0. The SMILES string of the molecule is CC(C)(C)c1ccc(C(N)COc2ccccc2F)cc1. The van der Waals surface area contributed by atoms with Crippen LogP contribution < -0.4 is 10.5 Å². The van der Waals surface area contributed by atoms with E-state index in [2.05, 4.69) is 32.9 Å². The zero-order valence-corrected chi connectivity index (χ0v) is 12.8. The van der Waals surface area contributed by atoms with E-state index in [-0.39, 0.29) is 29.6 Å². The van der Waals surface area contributed by atoms with Crippen LogP contribution in [0.15, 0.2) is 48.5 Å². The molecule has 2 N–H and O–H groups in total. The molecule has 0 aliphatic rings. The molecule has 0 spiro atoms. The van der Waals surface area contributed by atoms with Gasteiger partial charge in [0.1, 0.15) is 6.61 Å². The predicted molar refractivity (Wildman–Crippen MR) is 84.0 cm³/mol. The minimum atomic E-state index is -0.368. The maximum absolute atomic E-state index is 13.5. The Hall–Kier alpha value is -1.87. The topological polar surface area (TPSA) is 35.2 Å². The predicted octanol–water partition coefficient (Wildman–Crippen LogP) is 4.20. The summed E-state index contributed by atoms with van der Waals surface area (Å²) in [6.07, 6.45) is 0. The molecule has 0 saturated carbocycles. The zero-order valence-electron chi connectivity index (χ0n) is 12.8. The van der Waals surface area contributed by atoms with E-state index >= 15 is 0 Å². The minimum absolute atomic E-state index is 0.117. The number of halogens is 1. The van der Waals surface area contributed by atoms with Gasteiger partial charge in [-0.05, 0) is 28.7 Å². The summed E-state index contributed by atoms with van der Waals surface area (Å²) in [4.78, 5) is 0. The highest BCUT2D eigenvalue weighted by Gasteiger charge is 2.14. The summed E-state index contributed by atoms with van der Waals surface area (Å²) in [5.74, 6) is -0.132. The zero-order chi connectivity index (χ0) is 15.5. The number of ether oxygens (including phenoxy) is 1. The Bertz CT molecular complexity index is 587. The van der Waals surface area contributed by atoms with E-state index in [0.29, 0.717) is 0 Å². The van der Waals surface area contributed by atoms with Crippen molar-refractivity contribution in [1.29, 1.82) is 0 Å². The van der Waals surface area contributed by atoms with Gasteiger partial charge in [-0.3, -0.25) is 0 Å². The lowest BCUT2D eigenvalue weighted by Crippen LogP contribution is -2.20. The van der Waals surface area contributed by atoms with E-state index in [1.54, 1.807) is 18.2 Å². The normalized spacial score (nSPS) is 13.0. The minimum Gasteiger partial charge on any atom is -0.489 e. The maximum atomic E-state index is 13.5. The Kier molecular flexibility index (Phi) is 4.63. The molecule has 2 aromatic rings. The molecule has 0 saturated heterocycles. The van der Waals surface area contributed by atoms with Crippen LogP contribution in [0.3, 0.4) is 0 Å². The molecule has 0 radical (unpaired) electrons. The second-order valence-corrected chi connectivity index (χ2v) is 6.22. The monoisotopic (exact) mass is 287 g/mol. The van der Waals surface area contributed by atoms with Crippen LogP contribution in [0, 0.1) is 5.82 Å². The first-order valence-corrected chi connectivity index (χ1v) is 7.11. The number of rotatable bonds is 4. The highest BCUT2D eigenvalue weighted by molar-refractivity contribution is 5.29. The molecule has 2 nitrogen and oxygen atoms in total. The fourth-order valence-electron chi connectivity index (χ4n) is 2.07. The first kappa shape index (κ1) is 15.5. The van der Waals surface area contributed by atoms with E-state index in [1.807, 2.05) is 12.1 Å². The van der Waals surface area contributed by atoms with Gasteiger partial charge in [0.05, 0.1) is 6.04 Å². The van der Waals surface area contributed by atoms with Crippen molar-refractivity contribution < 1.29 is 9.13 Å². The Morgan fingerprint density at radius 1 is 1.05 bits per heavy atom. The third-order valence-corrected chi connectivity index (χ3v) is 3.46. The van der Waals surface area contributed by atoms with Crippen LogP contribution in [0.1, 0.15) is 37.9 Å². The van der Waals surface area contributed by atoms with Crippen LogP contribution in [0.5, 0.6) is 5.75 Å². The van der Waals surface area contributed by atoms with Gasteiger partial charge in [-0.25, -0.2) is 4.39 Å². The van der Waals surface area contributed by atoms with Gasteiger partial charge in [0.25, 0.3) is 0 Å². The molecule has 0 aromatic heterocycles.